The first-order valence-corrected chi connectivity index (χ1v) is 7.17. The van der Waals surface area contributed by atoms with Gasteiger partial charge in [0.15, 0.2) is 0 Å². The van der Waals surface area contributed by atoms with E-state index in [4.69, 9.17) is 11.6 Å². The van der Waals surface area contributed by atoms with Gasteiger partial charge in [-0.05, 0) is 35.9 Å². The Bertz CT molecular complexity index is 811. The van der Waals surface area contributed by atoms with Crippen molar-refractivity contribution < 1.29 is 18.4 Å². The average molecular weight is 337 g/mol. The fraction of sp³-hybridized carbons (Fsp3) is 0.125. The summed E-state index contributed by atoms with van der Waals surface area (Å²) < 4.78 is 27.0. The molecule has 1 aliphatic heterocycles. The molecule has 0 fully saturated rings. The highest BCUT2D eigenvalue weighted by molar-refractivity contribution is 6.30. The fourth-order valence-corrected chi connectivity index (χ4v) is 2.66. The van der Waals surface area contributed by atoms with Crippen LogP contribution >= 0.6 is 11.6 Å². The molecule has 0 radical (unpaired) electrons. The minimum atomic E-state index is -0.835. The molecule has 118 valence electrons. The number of hydrogen-bond acceptors (Lipinski definition) is 2. The lowest BCUT2D eigenvalue weighted by Crippen LogP contribution is -2.31. The van der Waals surface area contributed by atoms with Crippen molar-refractivity contribution in [2.45, 2.75) is 12.3 Å². The van der Waals surface area contributed by atoms with Crippen molar-refractivity contribution in [3.8, 4) is 0 Å². The van der Waals surface area contributed by atoms with E-state index < -0.39 is 29.4 Å². The summed E-state index contributed by atoms with van der Waals surface area (Å²) in [5.41, 5.74) is 0.649. The number of carbonyl (C=O) groups excluding carboxylic acids is 2. The van der Waals surface area contributed by atoms with Crippen molar-refractivity contribution >= 4 is 34.8 Å². The van der Waals surface area contributed by atoms with Crippen LogP contribution < -0.4 is 10.6 Å². The summed E-state index contributed by atoms with van der Waals surface area (Å²) in [5, 5.41) is 5.21. The van der Waals surface area contributed by atoms with Gasteiger partial charge in [-0.25, -0.2) is 8.78 Å². The number of rotatable bonds is 2. The second kappa shape index (κ2) is 5.96. The first-order chi connectivity index (χ1) is 10.9. The van der Waals surface area contributed by atoms with E-state index in [0.29, 0.717) is 5.56 Å². The van der Waals surface area contributed by atoms with Crippen LogP contribution in [0.15, 0.2) is 36.4 Å². The number of nitrogens with one attached hydrogen (secondary N) is 2. The molecular weight excluding hydrogens is 326 g/mol. The van der Waals surface area contributed by atoms with Gasteiger partial charge in [0, 0.05) is 17.1 Å². The monoisotopic (exact) mass is 336 g/mol. The van der Waals surface area contributed by atoms with Crippen molar-refractivity contribution in [2.75, 3.05) is 10.6 Å². The predicted octanol–water partition coefficient (Wildman–Crippen LogP) is 3.68. The van der Waals surface area contributed by atoms with Crippen LogP contribution in [0.2, 0.25) is 5.02 Å². The normalized spacial score (nSPS) is 16.5. The Morgan fingerprint density at radius 1 is 1.22 bits per heavy atom. The summed E-state index contributed by atoms with van der Waals surface area (Å²) in [7, 11) is 0. The molecule has 2 N–H and O–H groups in total. The Morgan fingerprint density at radius 3 is 2.78 bits per heavy atom. The molecular formula is C16H11ClF2N2O2. The highest BCUT2D eigenvalue weighted by Gasteiger charge is 2.31. The van der Waals surface area contributed by atoms with Crippen molar-refractivity contribution in [3.05, 3.63) is 58.6 Å². The minimum Gasteiger partial charge on any atom is -0.326 e. The number of amides is 2. The van der Waals surface area contributed by atoms with Crippen molar-refractivity contribution in [3.63, 3.8) is 0 Å². The molecule has 1 aliphatic rings. The molecule has 0 spiro atoms. The van der Waals surface area contributed by atoms with Crippen LogP contribution in [0.1, 0.15) is 17.9 Å². The topological polar surface area (TPSA) is 58.2 Å². The Kier molecular flexibility index (Phi) is 4.00. The summed E-state index contributed by atoms with van der Waals surface area (Å²) in [6.45, 7) is 0. The quantitative estimate of drug-likeness (QED) is 0.879. The van der Waals surface area contributed by atoms with E-state index in [9.17, 15) is 18.4 Å². The van der Waals surface area contributed by atoms with Gasteiger partial charge in [-0.3, -0.25) is 9.59 Å². The van der Waals surface area contributed by atoms with E-state index in [1.54, 1.807) is 0 Å². The highest BCUT2D eigenvalue weighted by atomic mass is 35.5. The molecule has 0 aliphatic carbocycles. The number of anilines is 2. The maximum atomic E-state index is 13.7. The minimum absolute atomic E-state index is 0.0721. The zero-order valence-corrected chi connectivity index (χ0v) is 12.5. The van der Waals surface area contributed by atoms with Crippen LogP contribution in [0, 0.1) is 11.6 Å². The van der Waals surface area contributed by atoms with Crippen LogP contribution in [0.3, 0.4) is 0 Å². The van der Waals surface area contributed by atoms with Crippen LogP contribution in [-0.4, -0.2) is 11.8 Å². The predicted molar refractivity (Wildman–Crippen MR) is 82.4 cm³/mol. The number of benzene rings is 2. The molecule has 2 aromatic rings. The Morgan fingerprint density at radius 2 is 2.00 bits per heavy atom. The van der Waals surface area contributed by atoms with Crippen LogP contribution in [-0.2, 0) is 9.59 Å². The first-order valence-electron chi connectivity index (χ1n) is 6.79. The molecule has 7 heteroatoms. The van der Waals surface area contributed by atoms with Gasteiger partial charge in [0.2, 0.25) is 11.8 Å². The van der Waals surface area contributed by atoms with Crippen LogP contribution in [0.25, 0.3) is 0 Å². The van der Waals surface area contributed by atoms with Gasteiger partial charge in [-0.15, -0.1) is 0 Å². The number of carbonyl (C=O) groups is 2. The van der Waals surface area contributed by atoms with Crippen LogP contribution in [0.4, 0.5) is 20.2 Å². The smallest absolute Gasteiger partial charge is 0.232 e. The third-order valence-electron chi connectivity index (χ3n) is 3.56. The lowest BCUT2D eigenvalue weighted by atomic mass is 9.89. The van der Waals surface area contributed by atoms with Crippen LogP contribution in [0.5, 0.6) is 0 Å². The van der Waals surface area contributed by atoms with Gasteiger partial charge in [0.1, 0.15) is 11.6 Å². The van der Waals surface area contributed by atoms with E-state index in [2.05, 4.69) is 10.6 Å². The SMILES string of the molecule is O=C1CC(C(=O)Nc2cc(Cl)ccc2F)c2ccc(F)cc2N1. The van der Waals surface area contributed by atoms with Gasteiger partial charge >= 0.3 is 0 Å². The summed E-state index contributed by atoms with van der Waals surface area (Å²) >= 11 is 5.78. The summed E-state index contributed by atoms with van der Waals surface area (Å²) in [6, 6.07) is 7.56. The average Bonchev–Trinajstić information content (AvgIpc) is 2.49. The van der Waals surface area contributed by atoms with E-state index in [1.807, 2.05) is 0 Å². The molecule has 1 atom stereocenters. The standard InChI is InChI=1S/C16H11ClF2N2O2/c17-8-1-4-12(19)14(5-8)21-16(23)11-7-15(22)20-13-6-9(18)2-3-10(11)13/h1-6,11H,7H2,(H,20,22)(H,21,23). The van der Waals surface area contributed by atoms with Crippen molar-refractivity contribution in [1.29, 1.82) is 0 Å². The van der Waals surface area contributed by atoms with Gasteiger partial charge in [0.05, 0.1) is 11.6 Å². The summed E-state index contributed by atoms with van der Waals surface area (Å²) in [5.74, 6) is -2.96. The molecule has 0 saturated heterocycles. The van der Waals surface area contributed by atoms with Gasteiger partial charge < -0.3 is 10.6 Å². The zero-order chi connectivity index (χ0) is 16.6. The third-order valence-corrected chi connectivity index (χ3v) is 3.79. The van der Waals surface area contributed by atoms with Gasteiger partial charge in [-0.2, -0.15) is 0 Å². The first kappa shape index (κ1) is 15.4. The maximum Gasteiger partial charge on any atom is 0.232 e. The van der Waals surface area contributed by atoms with Gasteiger partial charge in [-0.1, -0.05) is 17.7 Å². The number of halogens is 3. The lowest BCUT2D eigenvalue weighted by Gasteiger charge is -2.25. The van der Waals surface area contributed by atoms with E-state index in [-0.39, 0.29) is 22.8 Å². The van der Waals surface area contributed by atoms with Crippen molar-refractivity contribution in [2.24, 2.45) is 0 Å². The summed E-state index contributed by atoms with van der Waals surface area (Å²) in [6.07, 6.45) is -0.105. The van der Waals surface area contributed by atoms with E-state index >= 15 is 0 Å². The molecule has 1 unspecified atom stereocenters. The van der Waals surface area contributed by atoms with Crippen molar-refractivity contribution in [1.82, 2.24) is 0 Å². The molecule has 0 bridgehead atoms. The maximum absolute atomic E-state index is 13.7. The molecule has 23 heavy (non-hydrogen) atoms. The molecule has 0 saturated carbocycles. The number of fused-ring (bicyclic) bond motifs is 1. The second-order valence-electron chi connectivity index (χ2n) is 5.15. The Labute approximate surface area is 135 Å². The van der Waals surface area contributed by atoms with E-state index in [0.717, 1.165) is 12.1 Å². The van der Waals surface area contributed by atoms with Gasteiger partial charge in [0.25, 0.3) is 0 Å². The Balaban J connectivity index is 1.91. The fourth-order valence-electron chi connectivity index (χ4n) is 2.48. The Hall–Kier alpha value is -2.47. The largest absolute Gasteiger partial charge is 0.326 e. The molecule has 0 aromatic heterocycles. The molecule has 2 aromatic carbocycles. The zero-order valence-electron chi connectivity index (χ0n) is 11.7. The molecule has 3 rings (SSSR count). The molecule has 2 amide bonds. The molecule has 4 nitrogen and oxygen atoms in total. The lowest BCUT2D eigenvalue weighted by molar-refractivity contribution is -0.123. The third kappa shape index (κ3) is 3.17. The highest BCUT2D eigenvalue weighted by Crippen LogP contribution is 2.34. The second-order valence-corrected chi connectivity index (χ2v) is 5.59. The van der Waals surface area contributed by atoms with E-state index in [1.165, 1.54) is 24.3 Å². The summed E-state index contributed by atoms with van der Waals surface area (Å²) in [4.78, 5) is 24.1. The molecule has 1 heterocycles. The number of hydrogen-bond donors (Lipinski definition) is 2.